The van der Waals surface area contributed by atoms with Crippen LogP contribution in [0, 0.1) is 0 Å². The molecule has 7 nitrogen and oxygen atoms in total. The molecule has 0 aliphatic heterocycles. The number of aromatic nitrogens is 5. The van der Waals surface area contributed by atoms with Crippen LogP contribution in [0.15, 0.2) is 18.5 Å². The van der Waals surface area contributed by atoms with Gasteiger partial charge >= 0.3 is 0 Å². The first-order valence-electron chi connectivity index (χ1n) is 4.28. The number of hydrogen-bond donors (Lipinski definition) is 2. The number of nitrogens with two attached hydrogens (primary N) is 2. The Morgan fingerprint density at radius 1 is 1.20 bits per heavy atom. The highest BCUT2D eigenvalue weighted by molar-refractivity contribution is 6.00. The molecule has 3 aromatic heterocycles. The van der Waals surface area contributed by atoms with Gasteiger partial charge in [-0.25, -0.2) is 0 Å². The molecule has 0 spiro atoms. The monoisotopic (exact) mass is 201 g/mol. The molecule has 7 heteroatoms. The summed E-state index contributed by atoms with van der Waals surface area (Å²) in [6.07, 6.45) is 3.29. The van der Waals surface area contributed by atoms with Crippen molar-refractivity contribution >= 4 is 27.9 Å². The van der Waals surface area contributed by atoms with E-state index in [0.717, 1.165) is 10.9 Å². The molecule has 0 aromatic carbocycles. The molecule has 0 saturated heterocycles. The highest BCUT2D eigenvalue weighted by Gasteiger charge is 2.11. The molecule has 0 fully saturated rings. The molecule has 0 radical (unpaired) electrons. The lowest BCUT2D eigenvalue weighted by Gasteiger charge is -2.05. The van der Waals surface area contributed by atoms with E-state index in [-0.39, 0.29) is 0 Å². The summed E-state index contributed by atoms with van der Waals surface area (Å²) in [6, 6.07) is 1.78. The Bertz CT molecular complexity index is 656. The van der Waals surface area contributed by atoms with Gasteiger partial charge in [-0.3, -0.25) is 4.98 Å². The van der Waals surface area contributed by atoms with E-state index in [4.69, 9.17) is 11.5 Å². The van der Waals surface area contributed by atoms with Gasteiger partial charge in [0.2, 0.25) is 5.65 Å². The summed E-state index contributed by atoms with van der Waals surface area (Å²) in [5.41, 5.74) is 13.8. The summed E-state index contributed by atoms with van der Waals surface area (Å²) in [5, 5.41) is 12.0. The van der Waals surface area contributed by atoms with Gasteiger partial charge in [-0.05, 0) is 16.5 Å². The van der Waals surface area contributed by atoms with Crippen molar-refractivity contribution in [3.05, 3.63) is 18.5 Å². The Labute approximate surface area is 83.7 Å². The normalized spacial score (nSPS) is 11.2. The Balaban J connectivity index is 2.70. The maximum atomic E-state index is 5.88. The topological polar surface area (TPSA) is 108 Å². The van der Waals surface area contributed by atoms with Gasteiger partial charge in [0.15, 0.2) is 0 Å². The number of tetrazole rings is 1. The van der Waals surface area contributed by atoms with Crippen LogP contribution in [0.4, 0.5) is 11.4 Å². The Hall–Kier alpha value is -2.44. The van der Waals surface area contributed by atoms with E-state index in [9.17, 15) is 0 Å². The molecule has 0 atom stereocenters. The van der Waals surface area contributed by atoms with Crippen LogP contribution in [-0.4, -0.2) is 25.0 Å². The van der Waals surface area contributed by atoms with Gasteiger partial charge in [0.05, 0.1) is 17.4 Å². The van der Waals surface area contributed by atoms with Gasteiger partial charge in [-0.15, -0.1) is 5.10 Å². The Morgan fingerprint density at radius 3 is 2.93 bits per heavy atom. The molecule has 3 heterocycles. The average molecular weight is 201 g/mol. The number of pyridine rings is 2. The van der Waals surface area contributed by atoms with Crippen molar-refractivity contribution < 1.29 is 0 Å². The fourth-order valence-corrected chi connectivity index (χ4v) is 1.57. The summed E-state index contributed by atoms with van der Waals surface area (Å²) in [4.78, 5) is 4.00. The van der Waals surface area contributed by atoms with Crippen molar-refractivity contribution in [2.75, 3.05) is 11.5 Å². The fraction of sp³-hybridized carbons (Fsp3) is 0. The lowest BCUT2D eigenvalue weighted by molar-refractivity contribution is 0.841. The van der Waals surface area contributed by atoms with Crippen molar-refractivity contribution in [1.29, 1.82) is 0 Å². The molecule has 15 heavy (non-hydrogen) atoms. The lowest BCUT2D eigenvalue weighted by atomic mass is 10.2. The van der Waals surface area contributed by atoms with Crippen molar-refractivity contribution in [2.45, 2.75) is 0 Å². The summed E-state index contributed by atoms with van der Waals surface area (Å²) in [7, 11) is 0. The van der Waals surface area contributed by atoms with E-state index in [1.54, 1.807) is 18.5 Å². The van der Waals surface area contributed by atoms with Crippen LogP contribution >= 0.6 is 0 Å². The first kappa shape index (κ1) is 7.92. The Morgan fingerprint density at radius 2 is 2.07 bits per heavy atom. The van der Waals surface area contributed by atoms with Crippen molar-refractivity contribution in [2.24, 2.45) is 0 Å². The van der Waals surface area contributed by atoms with Crippen LogP contribution < -0.4 is 11.5 Å². The third-order valence-corrected chi connectivity index (χ3v) is 2.32. The number of nitrogen functional groups attached to an aromatic ring is 2. The lowest BCUT2D eigenvalue weighted by Crippen LogP contribution is -2.02. The number of nitrogens with zero attached hydrogens (tertiary/aromatic N) is 5. The molecule has 4 N–H and O–H groups in total. The standard InChI is InChI=1S/C8H7N7/c9-6-4-1-2-11-3-5(4)15-8(7(6)10)12-13-14-15/h1-3H,9-10H2. The smallest absolute Gasteiger partial charge is 0.204 e. The summed E-state index contributed by atoms with van der Waals surface area (Å²) < 4.78 is 1.52. The molecule has 0 aliphatic rings. The number of anilines is 2. The SMILES string of the molecule is Nc1c(N)c2nnnn2c2cnccc12. The molecule has 0 saturated carbocycles. The predicted molar refractivity (Wildman–Crippen MR) is 54.9 cm³/mol. The summed E-state index contributed by atoms with van der Waals surface area (Å²) >= 11 is 0. The van der Waals surface area contributed by atoms with Crippen molar-refractivity contribution in [3.63, 3.8) is 0 Å². The largest absolute Gasteiger partial charge is 0.396 e. The van der Waals surface area contributed by atoms with Crippen molar-refractivity contribution in [3.8, 4) is 0 Å². The van der Waals surface area contributed by atoms with E-state index < -0.39 is 0 Å². The van der Waals surface area contributed by atoms with Crippen LogP contribution in [0.3, 0.4) is 0 Å². The second kappa shape index (κ2) is 2.53. The van der Waals surface area contributed by atoms with Gasteiger partial charge in [-0.2, -0.15) is 4.52 Å². The minimum Gasteiger partial charge on any atom is -0.396 e. The molecule has 3 aromatic rings. The van der Waals surface area contributed by atoms with Gasteiger partial charge in [0.25, 0.3) is 0 Å². The zero-order valence-electron chi connectivity index (χ0n) is 7.62. The highest BCUT2D eigenvalue weighted by atomic mass is 15.5. The molecular formula is C8H7N7. The third kappa shape index (κ3) is 0.885. The number of rotatable bonds is 0. The van der Waals surface area contributed by atoms with E-state index in [1.165, 1.54) is 4.52 Å². The molecule has 74 valence electrons. The number of hydrogen-bond acceptors (Lipinski definition) is 6. The quantitative estimate of drug-likeness (QED) is 0.523. The minimum atomic E-state index is 0.388. The van der Waals surface area contributed by atoms with E-state index >= 15 is 0 Å². The van der Waals surface area contributed by atoms with Crippen LogP contribution in [-0.2, 0) is 0 Å². The first-order chi connectivity index (χ1) is 7.29. The maximum Gasteiger partial charge on any atom is 0.204 e. The van der Waals surface area contributed by atoms with Crippen LogP contribution in [0.25, 0.3) is 16.6 Å². The van der Waals surface area contributed by atoms with Crippen molar-refractivity contribution in [1.82, 2.24) is 25.0 Å². The van der Waals surface area contributed by atoms with Gasteiger partial charge in [-0.1, -0.05) is 0 Å². The van der Waals surface area contributed by atoms with Crippen LogP contribution in [0.5, 0.6) is 0 Å². The molecular weight excluding hydrogens is 194 g/mol. The van der Waals surface area contributed by atoms with E-state index in [2.05, 4.69) is 20.5 Å². The van der Waals surface area contributed by atoms with Crippen LogP contribution in [0.2, 0.25) is 0 Å². The van der Waals surface area contributed by atoms with Gasteiger partial charge in [0.1, 0.15) is 5.69 Å². The van der Waals surface area contributed by atoms with Gasteiger partial charge in [0, 0.05) is 11.6 Å². The second-order valence-corrected chi connectivity index (χ2v) is 3.13. The highest BCUT2D eigenvalue weighted by Crippen LogP contribution is 2.28. The third-order valence-electron chi connectivity index (χ3n) is 2.32. The predicted octanol–water partition coefficient (Wildman–Crippen LogP) is -0.163. The summed E-state index contributed by atoms with van der Waals surface area (Å²) in [5.74, 6) is 0. The maximum absolute atomic E-state index is 5.88. The molecule has 0 amide bonds. The molecule has 0 bridgehead atoms. The fourth-order valence-electron chi connectivity index (χ4n) is 1.57. The molecule has 0 unspecified atom stereocenters. The first-order valence-corrected chi connectivity index (χ1v) is 4.28. The van der Waals surface area contributed by atoms with E-state index in [0.29, 0.717) is 17.0 Å². The second-order valence-electron chi connectivity index (χ2n) is 3.13. The van der Waals surface area contributed by atoms with Crippen LogP contribution in [0.1, 0.15) is 0 Å². The number of fused-ring (bicyclic) bond motifs is 3. The van der Waals surface area contributed by atoms with E-state index in [1.807, 2.05) is 0 Å². The van der Waals surface area contributed by atoms with Gasteiger partial charge < -0.3 is 11.5 Å². The summed E-state index contributed by atoms with van der Waals surface area (Å²) in [6.45, 7) is 0. The average Bonchev–Trinajstić information content (AvgIpc) is 2.75. The zero-order chi connectivity index (χ0) is 10.4. The molecule has 0 aliphatic carbocycles. The molecule has 3 rings (SSSR count). The zero-order valence-corrected chi connectivity index (χ0v) is 7.62. The Kier molecular flexibility index (Phi) is 1.34. The minimum absolute atomic E-state index is 0.388.